The highest BCUT2D eigenvalue weighted by atomic mass is 19.4. The lowest BCUT2D eigenvalue weighted by atomic mass is 10.3. The van der Waals surface area contributed by atoms with Gasteiger partial charge in [0.1, 0.15) is 0 Å². The van der Waals surface area contributed by atoms with Crippen molar-refractivity contribution < 1.29 is 22.7 Å². The number of carbonyl (C=O) groups is 1. The largest absolute Gasteiger partial charge is 0.454 e. The van der Waals surface area contributed by atoms with E-state index in [0.717, 1.165) is 0 Å². The smallest absolute Gasteiger partial charge is 0.386 e. The van der Waals surface area contributed by atoms with Gasteiger partial charge in [0.2, 0.25) is 0 Å². The molecule has 0 aromatic carbocycles. The molecule has 0 fully saturated rings. The van der Waals surface area contributed by atoms with Crippen molar-refractivity contribution in [2.24, 2.45) is 0 Å². The zero-order valence-corrected chi connectivity index (χ0v) is 7.94. The van der Waals surface area contributed by atoms with E-state index in [2.05, 4.69) is 10.1 Å². The molecule has 0 rings (SSSR count). The average Bonchev–Trinajstić information content (AvgIpc) is 2.03. The first-order chi connectivity index (χ1) is 6.38. The van der Waals surface area contributed by atoms with E-state index < -0.39 is 12.0 Å². The Morgan fingerprint density at radius 3 is 2.50 bits per heavy atom. The fourth-order valence-electron chi connectivity index (χ4n) is 0.680. The summed E-state index contributed by atoms with van der Waals surface area (Å²) < 4.78 is 39.9. The zero-order chi connectivity index (χ0) is 11.2. The van der Waals surface area contributed by atoms with Crippen LogP contribution in [0.4, 0.5) is 13.2 Å². The minimum absolute atomic E-state index is 0.171. The van der Waals surface area contributed by atoms with Gasteiger partial charge in [0, 0.05) is 25.4 Å². The van der Waals surface area contributed by atoms with Gasteiger partial charge in [-0.05, 0) is 6.92 Å². The molecule has 0 aliphatic heterocycles. The minimum Gasteiger partial charge on any atom is -0.386 e. The van der Waals surface area contributed by atoms with Crippen molar-refractivity contribution in [3.63, 3.8) is 0 Å². The first kappa shape index (κ1) is 13.0. The molecule has 0 saturated heterocycles. The Balaban J connectivity index is 4.04. The van der Waals surface area contributed by atoms with Crippen LogP contribution >= 0.6 is 0 Å². The lowest BCUT2D eigenvalue weighted by Gasteiger charge is -2.06. The van der Waals surface area contributed by atoms with Gasteiger partial charge in [-0.25, -0.2) is 0 Å². The summed E-state index contributed by atoms with van der Waals surface area (Å²) in [5, 5.41) is 2.60. The summed E-state index contributed by atoms with van der Waals surface area (Å²) in [7, 11) is 1.47. The molecule has 0 radical (unpaired) electrons. The summed E-state index contributed by atoms with van der Waals surface area (Å²) in [6.45, 7) is 2.12. The average molecular weight is 211 g/mol. The van der Waals surface area contributed by atoms with Crippen molar-refractivity contribution in [3.8, 4) is 0 Å². The number of carbonyl (C=O) groups excluding carboxylic acids is 1. The number of methoxy groups -OCH3 is 1. The number of alkyl halides is 3. The van der Waals surface area contributed by atoms with E-state index in [4.69, 9.17) is 0 Å². The molecule has 0 spiro atoms. The zero-order valence-electron chi connectivity index (χ0n) is 7.94. The molecule has 0 aliphatic carbocycles. The Kier molecular flexibility index (Phi) is 5.22. The Labute approximate surface area is 79.9 Å². The molecule has 0 aromatic rings. The van der Waals surface area contributed by atoms with Crippen molar-refractivity contribution in [3.05, 3.63) is 11.8 Å². The van der Waals surface area contributed by atoms with Crippen LogP contribution in [0.25, 0.3) is 0 Å². The number of allylic oxidation sites excluding steroid dienone is 2. The van der Waals surface area contributed by atoms with Crippen molar-refractivity contribution in [2.75, 3.05) is 20.3 Å². The molecule has 0 bridgehead atoms. The Bertz CT molecular complexity index is 223. The maximum absolute atomic E-state index is 11.8. The molecule has 0 heterocycles. The van der Waals surface area contributed by atoms with Gasteiger partial charge < -0.3 is 10.1 Å². The molecule has 1 N–H and O–H groups in total. The molecule has 6 heteroatoms. The number of hydrogen-bond acceptors (Lipinski definition) is 3. The first-order valence-electron chi connectivity index (χ1n) is 3.90. The molecule has 3 nitrogen and oxygen atoms in total. The van der Waals surface area contributed by atoms with E-state index in [1.807, 2.05) is 0 Å². The van der Waals surface area contributed by atoms with Crippen LogP contribution in [0, 0.1) is 0 Å². The number of hydrogen-bond donors (Lipinski definition) is 1. The number of nitrogens with one attached hydrogen (secondary N) is 1. The van der Waals surface area contributed by atoms with Gasteiger partial charge in [0.25, 0.3) is 5.78 Å². The number of ketones is 1. The van der Waals surface area contributed by atoms with Crippen molar-refractivity contribution in [1.82, 2.24) is 5.32 Å². The number of rotatable bonds is 5. The standard InChI is InChI=1S/C8H12F3NO2/c1-6(12-3-4-14-2)5-7(13)8(9,10)11/h5,12H,3-4H2,1-2H3/b6-5-. The lowest BCUT2D eigenvalue weighted by Crippen LogP contribution is -2.23. The van der Waals surface area contributed by atoms with Gasteiger partial charge in [-0.1, -0.05) is 0 Å². The molecule has 0 aromatic heterocycles. The summed E-state index contributed by atoms with van der Waals surface area (Å²) >= 11 is 0. The van der Waals surface area contributed by atoms with E-state index >= 15 is 0 Å². The molecule has 0 saturated carbocycles. The van der Waals surface area contributed by atoms with Crippen LogP contribution in [-0.4, -0.2) is 32.2 Å². The summed E-state index contributed by atoms with van der Waals surface area (Å²) in [6, 6.07) is 0. The van der Waals surface area contributed by atoms with Crippen molar-refractivity contribution in [2.45, 2.75) is 13.1 Å². The van der Waals surface area contributed by atoms with Crippen LogP contribution in [0.15, 0.2) is 11.8 Å². The highest BCUT2D eigenvalue weighted by Gasteiger charge is 2.36. The van der Waals surface area contributed by atoms with Crippen LogP contribution in [0.5, 0.6) is 0 Å². The maximum atomic E-state index is 11.8. The summed E-state index contributed by atoms with van der Waals surface area (Å²) in [5.41, 5.74) is 0.171. The maximum Gasteiger partial charge on any atom is 0.454 e. The third kappa shape index (κ3) is 5.58. The van der Waals surface area contributed by atoms with Crippen LogP contribution in [0.1, 0.15) is 6.92 Å². The van der Waals surface area contributed by atoms with Crippen molar-refractivity contribution >= 4 is 5.78 Å². The summed E-state index contributed by atoms with van der Waals surface area (Å²) in [6.07, 6.45) is -4.28. The Morgan fingerprint density at radius 1 is 1.50 bits per heavy atom. The SMILES string of the molecule is COCCN/C(C)=C\C(=O)C(F)(F)F. The van der Waals surface area contributed by atoms with Gasteiger partial charge in [-0.2, -0.15) is 13.2 Å². The molecule has 0 unspecified atom stereocenters. The van der Waals surface area contributed by atoms with Gasteiger partial charge in [0.05, 0.1) is 6.61 Å². The van der Waals surface area contributed by atoms with Crippen molar-refractivity contribution in [1.29, 1.82) is 0 Å². The van der Waals surface area contributed by atoms with E-state index in [1.165, 1.54) is 14.0 Å². The minimum atomic E-state index is -4.80. The molecule has 0 amide bonds. The first-order valence-corrected chi connectivity index (χ1v) is 3.90. The van der Waals surface area contributed by atoms with Crippen LogP contribution in [0.3, 0.4) is 0 Å². The number of ether oxygens (including phenoxy) is 1. The highest BCUT2D eigenvalue weighted by molar-refractivity contribution is 5.94. The normalized spacial score (nSPS) is 12.8. The monoisotopic (exact) mass is 211 g/mol. The highest BCUT2D eigenvalue weighted by Crippen LogP contribution is 2.16. The van der Waals surface area contributed by atoms with Gasteiger partial charge >= 0.3 is 6.18 Å². The molecular weight excluding hydrogens is 199 g/mol. The van der Waals surface area contributed by atoms with Gasteiger partial charge in [0.15, 0.2) is 0 Å². The fourth-order valence-corrected chi connectivity index (χ4v) is 0.680. The van der Waals surface area contributed by atoms with Crippen LogP contribution in [-0.2, 0) is 9.53 Å². The van der Waals surface area contributed by atoms with E-state index in [0.29, 0.717) is 19.2 Å². The second-order valence-corrected chi connectivity index (χ2v) is 2.61. The molecule has 0 atom stereocenters. The Hall–Kier alpha value is -1.04. The lowest BCUT2D eigenvalue weighted by molar-refractivity contribution is -0.165. The fraction of sp³-hybridized carbons (Fsp3) is 0.625. The molecule has 14 heavy (non-hydrogen) atoms. The van der Waals surface area contributed by atoms with Gasteiger partial charge in [-0.15, -0.1) is 0 Å². The quantitative estimate of drug-likeness (QED) is 0.549. The van der Waals surface area contributed by atoms with Gasteiger partial charge in [-0.3, -0.25) is 4.79 Å². The predicted octanol–water partition coefficient (Wildman–Crippen LogP) is 1.26. The Morgan fingerprint density at radius 2 is 2.07 bits per heavy atom. The van der Waals surface area contributed by atoms with Crippen LogP contribution < -0.4 is 5.32 Å². The molecular formula is C8H12F3NO2. The van der Waals surface area contributed by atoms with E-state index in [-0.39, 0.29) is 5.70 Å². The third-order valence-electron chi connectivity index (χ3n) is 1.34. The second kappa shape index (κ2) is 5.64. The third-order valence-corrected chi connectivity index (χ3v) is 1.34. The predicted molar refractivity (Wildman–Crippen MR) is 44.7 cm³/mol. The summed E-state index contributed by atoms with van der Waals surface area (Å²) in [5.74, 6) is -1.86. The molecule has 0 aliphatic rings. The second-order valence-electron chi connectivity index (χ2n) is 2.61. The van der Waals surface area contributed by atoms with E-state index in [9.17, 15) is 18.0 Å². The number of halogens is 3. The van der Waals surface area contributed by atoms with Crippen LogP contribution in [0.2, 0.25) is 0 Å². The summed E-state index contributed by atoms with van der Waals surface area (Å²) in [4.78, 5) is 10.4. The van der Waals surface area contributed by atoms with E-state index in [1.54, 1.807) is 0 Å². The topological polar surface area (TPSA) is 38.3 Å². The molecule has 82 valence electrons.